The molecule has 0 heterocycles. The fourth-order valence-corrected chi connectivity index (χ4v) is 2.19. The van der Waals surface area contributed by atoms with Crippen molar-refractivity contribution in [1.29, 1.82) is 0 Å². The van der Waals surface area contributed by atoms with E-state index in [-0.39, 0.29) is 6.10 Å². The molecule has 0 fully saturated rings. The second-order valence-corrected chi connectivity index (χ2v) is 6.20. The molecule has 1 heteroatoms. The van der Waals surface area contributed by atoms with Gasteiger partial charge in [-0.15, -0.1) is 0 Å². The first-order chi connectivity index (χ1) is 7.97. The normalized spacial score (nSPS) is 18.7. The number of aliphatic hydroxyl groups is 1. The molecule has 0 saturated heterocycles. The summed E-state index contributed by atoms with van der Waals surface area (Å²) in [6.45, 7) is 11.1. The van der Waals surface area contributed by atoms with E-state index in [1.165, 1.54) is 44.9 Å². The van der Waals surface area contributed by atoms with Gasteiger partial charge in [-0.1, -0.05) is 66.2 Å². The van der Waals surface area contributed by atoms with Crippen molar-refractivity contribution in [2.45, 2.75) is 85.7 Å². The van der Waals surface area contributed by atoms with Crippen molar-refractivity contribution in [3.05, 3.63) is 0 Å². The summed E-state index contributed by atoms with van der Waals surface area (Å²) in [5.74, 6) is 2.22. The predicted molar refractivity (Wildman–Crippen MR) is 77.2 cm³/mol. The number of rotatable bonds is 10. The van der Waals surface area contributed by atoms with Gasteiger partial charge in [0.15, 0.2) is 0 Å². The highest BCUT2D eigenvalue weighted by atomic mass is 16.3. The molecule has 0 aliphatic carbocycles. The van der Waals surface area contributed by atoms with Crippen LogP contribution in [0.4, 0.5) is 0 Å². The quantitative estimate of drug-likeness (QED) is 0.570. The highest BCUT2D eigenvalue weighted by molar-refractivity contribution is 4.62. The number of hydrogen-bond donors (Lipinski definition) is 1. The lowest BCUT2D eigenvalue weighted by Gasteiger charge is -2.16. The minimum Gasteiger partial charge on any atom is -0.393 e. The molecule has 0 rings (SSSR count). The third-order valence-electron chi connectivity index (χ3n) is 4.27. The van der Waals surface area contributed by atoms with Gasteiger partial charge >= 0.3 is 0 Å². The Balaban J connectivity index is 3.43. The first-order valence-electron chi connectivity index (χ1n) is 7.65. The van der Waals surface area contributed by atoms with E-state index >= 15 is 0 Å². The van der Waals surface area contributed by atoms with Gasteiger partial charge in [0.05, 0.1) is 6.10 Å². The summed E-state index contributed by atoms with van der Waals surface area (Å²) >= 11 is 0. The fraction of sp³-hybridized carbons (Fsp3) is 1.00. The molecule has 0 spiro atoms. The number of aliphatic hydroxyl groups excluding tert-OH is 1. The second-order valence-electron chi connectivity index (χ2n) is 6.20. The molecular formula is C16H34O. The highest BCUT2D eigenvalue weighted by Crippen LogP contribution is 2.20. The second kappa shape index (κ2) is 9.94. The molecule has 0 aromatic heterocycles. The van der Waals surface area contributed by atoms with Crippen molar-refractivity contribution in [1.82, 2.24) is 0 Å². The van der Waals surface area contributed by atoms with Crippen LogP contribution in [0.2, 0.25) is 0 Å². The lowest BCUT2D eigenvalue weighted by atomic mass is 9.91. The Morgan fingerprint density at radius 2 is 1.24 bits per heavy atom. The van der Waals surface area contributed by atoms with Crippen molar-refractivity contribution in [3.63, 3.8) is 0 Å². The average molecular weight is 242 g/mol. The maximum absolute atomic E-state index is 9.42. The summed E-state index contributed by atoms with van der Waals surface area (Å²) in [7, 11) is 0. The first kappa shape index (κ1) is 17.0. The van der Waals surface area contributed by atoms with Gasteiger partial charge in [0, 0.05) is 0 Å². The Hall–Kier alpha value is -0.0400. The summed E-state index contributed by atoms with van der Waals surface area (Å²) in [5.41, 5.74) is 0. The maximum atomic E-state index is 9.42. The van der Waals surface area contributed by atoms with Gasteiger partial charge in [-0.25, -0.2) is 0 Å². The summed E-state index contributed by atoms with van der Waals surface area (Å²) in [6.07, 6.45) is 9.12. The van der Waals surface area contributed by atoms with Crippen LogP contribution in [-0.4, -0.2) is 11.2 Å². The molecule has 4 atom stereocenters. The third-order valence-corrected chi connectivity index (χ3v) is 4.27. The molecule has 104 valence electrons. The van der Waals surface area contributed by atoms with Gasteiger partial charge in [-0.3, -0.25) is 0 Å². The molecular weight excluding hydrogens is 208 g/mol. The smallest absolute Gasteiger partial charge is 0.0537 e. The Morgan fingerprint density at radius 3 is 1.71 bits per heavy atom. The third kappa shape index (κ3) is 9.64. The Bertz CT molecular complexity index is 165. The van der Waals surface area contributed by atoms with Crippen molar-refractivity contribution >= 4 is 0 Å². The lowest BCUT2D eigenvalue weighted by molar-refractivity contribution is 0.127. The van der Waals surface area contributed by atoms with E-state index < -0.39 is 0 Å². The maximum Gasteiger partial charge on any atom is 0.0537 e. The predicted octanol–water partition coefficient (Wildman–Crippen LogP) is 5.03. The van der Waals surface area contributed by atoms with Crippen LogP contribution in [0.5, 0.6) is 0 Å². The number of hydrogen-bond acceptors (Lipinski definition) is 1. The zero-order chi connectivity index (χ0) is 13.3. The van der Waals surface area contributed by atoms with Gasteiger partial charge in [0.25, 0.3) is 0 Å². The minimum absolute atomic E-state index is 0.143. The minimum atomic E-state index is -0.143. The van der Waals surface area contributed by atoms with Gasteiger partial charge in [0.2, 0.25) is 0 Å². The summed E-state index contributed by atoms with van der Waals surface area (Å²) in [4.78, 5) is 0. The topological polar surface area (TPSA) is 20.2 Å². The molecule has 1 nitrogen and oxygen atoms in total. The molecule has 0 bridgehead atoms. The Morgan fingerprint density at radius 1 is 0.765 bits per heavy atom. The molecule has 0 radical (unpaired) electrons. The summed E-state index contributed by atoms with van der Waals surface area (Å²) < 4.78 is 0. The highest BCUT2D eigenvalue weighted by Gasteiger charge is 2.09. The van der Waals surface area contributed by atoms with Gasteiger partial charge in [-0.2, -0.15) is 0 Å². The van der Waals surface area contributed by atoms with E-state index in [4.69, 9.17) is 0 Å². The van der Waals surface area contributed by atoms with Gasteiger partial charge in [0.1, 0.15) is 0 Å². The van der Waals surface area contributed by atoms with Crippen LogP contribution in [0.15, 0.2) is 0 Å². The largest absolute Gasteiger partial charge is 0.393 e. The van der Waals surface area contributed by atoms with Crippen molar-refractivity contribution in [3.8, 4) is 0 Å². The molecule has 0 aromatic rings. The van der Waals surface area contributed by atoms with Crippen LogP contribution in [0.3, 0.4) is 0 Å². The molecule has 0 saturated carbocycles. The summed E-state index contributed by atoms with van der Waals surface area (Å²) in [6, 6.07) is 0. The van der Waals surface area contributed by atoms with E-state index in [1.54, 1.807) is 0 Å². The zero-order valence-corrected chi connectivity index (χ0v) is 12.7. The van der Waals surface area contributed by atoms with Crippen LogP contribution < -0.4 is 0 Å². The molecule has 1 N–H and O–H groups in total. The van der Waals surface area contributed by atoms with Crippen molar-refractivity contribution in [2.75, 3.05) is 0 Å². The van der Waals surface area contributed by atoms with Crippen molar-refractivity contribution in [2.24, 2.45) is 17.8 Å². The van der Waals surface area contributed by atoms with E-state index in [2.05, 4.69) is 27.7 Å². The molecule has 0 unspecified atom stereocenters. The monoisotopic (exact) mass is 242 g/mol. The Kier molecular flexibility index (Phi) is 9.91. The fourth-order valence-electron chi connectivity index (χ4n) is 2.19. The van der Waals surface area contributed by atoms with E-state index in [9.17, 15) is 5.11 Å². The standard InChI is InChI=1S/C16H34O/c1-6-13(2)9-7-10-14(3)11-8-12-15(4)16(5)17/h13-17H,6-12H2,1-5H3/t13-,14-,15+,16+/m1/s1. The summed E-state index contributed by atoms with van der Waals surface area (Å²) in [5, 5.41) is 9.42. The molecule has 0 aliphatic rings. The SMILES string of the molecule is CC[C@@H](C)CCC[C@@H](C)CCC[C@H](C)[C@H](C)O. The van der Waals surface area contributed by atoms with Crippen molar-refractivity contribution < 1.29 is 5.11 Å². The zero-order valence-electron chi connectivity index (χ0n) is 12.7. The van der Waals surface area contributed by atoms with E-state index in [1.807, 2.05) is 6.92 Å². The van der Waals surface area contributed by atoms with Crippen LogP contribution in [-0.2, 0) is 0 Å². The van der Waals surface area contributed by atoms with Crippen LogP contribution in [0, 0.1) is 17.8 Å². The molecule has 17 heavy (non-hydrogen) atoms. The first-order valence-corrected chi connectivity index (χ1v) is 7.65. The average Bonchev–Trinajstić information content (AvgIpc) is 2.28. The molecule has 0 aliphatic heterocycles. The van der Waals surface area contributed by atoms with Gasteiger partial charge < -0.3 is 5.11 Å². The lowest BCUT2D eigenvalue weighted by Crippen LogP contribution is -2.13. The van der Waals surface area contributed by atoms with Crippen LogP contribution >= 0.6 is 0 Å². The van der Waals surface area contributed by atoms with Crippen LogP contribution in [0.1, 0.15) is 79.6 Å². The Labute approximate surface area is 109 Å². The van der Waals surface area contributed by atoms with E-state index in [0.717, 1.165) is 11.8 Å². The molecule has 0 aromatic carbocycles. The van der Waals surface area contributed by atoms with E-state index in [0.29, 0.717) is 5.92 Å². The molecule has 0 amide bonds. The van der Waals surface area contributed by atoms with Crippen LogP contribution in [0.25, 0.3) is 0 Å². The van der Waals surface area contributed by atoms with Gasteiger partial charge in [-0.05, 0) is 31.1 Å².